The highest BCUT2D eigenvalue weighted by molar-refractivity contribution is 5.85. The number of rotatable bonds is 6. The van der Waals surface area contributed by atoms with Crippen LogP contribution in [0.3, 0.4) is 0 Å². The Morgan fingerprint density at radius 2 is 1.74 bits per heavy atom. The van der Waals surface area contributed by atoms with E-state index < -0.39 is 17.7 Å². The third-order valence-corrected chi connectivity index (χ3v) is 3.18. The minimum Gasteiger partial charge on any atom is -0.444 e. The summed E-state index contributed by atoms with van der Waals surface area (Å²) in [6.07, 6.45) is 0.179. The topological polar surface area (TPSA) is 67.4 Å². The van der Waals surface area contributed by atoms with Crippen LogP contribution in [-0.2, 0) is 16.0 Å². The number of hydrogen-bond donors (Lipinski definition) is 2. The van der Waals surface area contributed by atoms with Gasteiger partial charge in [-0.05, 0) is 38.7 Å². The van der Waals surface area contributed by atoms with Gasteiger partial charge in [-0.1, -0.05) is 44.2 Å². The third-order valence-electron chi connectivity index (χ3n) is 3.18. The molecule has 0 unspecified atom stereocenters. The largest absolute Gasteiger partial charge is 0.444 e. The van der Waals surface area contributed by atoms with Crippen molar-refractivity contribution in [1.82, 2.24) is 10.6 Å². The highest BCUT2D eigenvalue weighted by atomic mass is 16.6. The van der Waals surface area contributed by atoms with Crippen molar-refractivity contribution in [1.29, 1.82) is 0 Å². The van der Waals surface area contributed by atoms with Crippen LogP contribution in [0.5, 0.6) is 0 Å². The van der Waals surface area contributed by atoms with Crippen molar-refractivity contribution in [2.45, 2.75) is 52.7 Å². The van der Waals surface area contributed by atoms with E-state index in [0.29, 0.717) is 6.54 Å². The Kier molecular flexibility index (Phi) is 7.07. The fourth-order valence-electron chi connectivity index (χ4n) is 2.05. The van der Waals surface area contributed by atoms with Gasteiger partial charge in [0.05, 0.1) is 0 Å². The number of carbonyl (C=O) groups is 2. The highest BCUT2D eigenvalue weighted by Crippen LogP contribution is 2.09. The Balaban J connectivity index is 2.49. The number of hydrogen-bond acceptors (Lipinski definition) is 3. The van der Waals surface area contributed by atoms with E-state index in [1.807, 2.05) is 44.2 Å². The van der Waals surface area contributed by atoms with Crippen molar-refractivity contribution in [3.63, 3.8) is 0 Å². The summed E-state index contributed by atoms with van der Waals surface area (Å²) < 4.78 is 5.21. The normalized spacial score (nSPS) is 12.6. The van der Waals surface area contributed by atoms with Crippen LogP contribution in [0.4, 0.5) is 4.79 Å². The Morgan fingerprint density at radius 3 is 2.26 bits per heavy atom. The lowest BCUT2D eigenvalue weighted by Gasteiger charge is -2.25. The molecule has 0 aliphatic heterocycles. The SMILES string of the molecule is CC(C)[C@H](NC(=O)OC(C)(C)C)C(=O)NCCc1ccccc1. The molecular formula is C18H28N2O3. The molecular weight excluding hydrogens is 292 g/mol. The maximum atomic E-state index is 12.3. The second kappa shape index (κ2) is 8.56. The number of amides is 2. The first-order chi connectivity index (χ1) is 10.7. The number of benzene rings is 1. The molecule has 0 radical (unpaired) electrons. The maximum absolute atomic E-state index is 12.3. The Labute approximate surface area is 138 Å². The Hall–Kier alpha value is -2.04. The fourth-order valence-corrected chi connectivity index (χ4v) is 2.05. The van der Waals surface area contributed by atoms with Gasteiger partial charge in [-0.2, -0.15) is 0 Å². The Bertz CT molecular complexity index is 507. The minimum atomic E-state index is -0.611. The molecule has 0 spiro atoms. The molecule has 1 rings (SSSR count). The van der Waals surface area contributed by atoms with Crippen LogP contribution in [0.15, 0.2) is 30.3 Å². The number of nitrogens with one attached hydrogen (secondary N) is 2. The van der Waals surface area contributed by atoms with E-state index in [1.54, 1.807) is 20.8 Å². The van der Waals surface area contributed by atoms with E-state index >= 15 is 0 Å². The number of ether oxygens (including phenoxy) is 1. The molecule has 2 N–H and O–H groups in total. The standard InChI is InChI=1S/C18H28N2O3/c1-13(2)15(20-17(22)23-18(3,4)5)16(21)19-12-11-14-9-7-6-8-10-14/h6-10,13,15H,11-12H2,1-5H3,(H,19,21)(H,20,22)/t15-/m0/s1. The zero-order valence-corrected chi connectivity index (χ0v) is 14.7. The van der Waals surface area contributed by atoms with Gasteiger partial charge >= 0.3 is 6.09 Å². The molecule has 0 aromatic heterocycles. The number of carbonyl (C=O) groups excluding carboxylic acids is 2. The summed E-state index contributed by atoms with van der Waals surface area (Å²) in [4.78, 5) is 24.2. The van der Waals surface area contributed by atoms with E-state index in [1.165, 1.54) is 0 Å². The molecule has 0 saturated heterocycles. The van der Waals surface area contributed by atoms with E-state index in [2.05, 4.69) is 10.6 Å². The van der Waals surface area contributed by atoms with Gasteiger partial charge in [-0.3, -0.25) is 4.79 Å². The summed E-state index contributed by atoms with van der Waals surface area (Å²) >= 11 is 0. The first kappa shape index (κ1) is 19.0. The predicted molar refractivity (Wildman–Crippen MR) is 91.2 cm³/mol. The molecule has 5 heteroatoms. The molecule has 5 nitrogen and oxygen atoms in total. The number of alkyl carbamates (subject to hydrolysis) is 1. The second-order valence-corrected chi connectivity index (χ2v) is 6.89. The van der Waals surface area contributed by atoms with Gasteiger partial charge in [0.25, 0.3) is 0 Å². The van der Waals surface area contributed by atoms with Gasteiger partial charge < -0.3 is 15.4 Å². The summed E-state index contributed by atoms with van der Waals surface area (Å²) in [6, 6.07) is 9.33. The minimum absolute atomic E-state index is 0.0285. The molecule has 1 atom stereocenters. The molecule has 0 heterocycles. The Morgan fingerprint density at radius 1 is 1.13 bits per heavy atom. The van der Waals surface area contributed by atoms with Crippen molar-refractivity contribution in [2.24, 2.45) is 5.92 Å². The molecule has 1 aromatic rings. The van der Waals surface area contributed by atoms with Crippen LogP contribution in [0.1, 0.15) is 40.2 Å². The van der Waals surface area contributed by atoms with E-state index in [9.17, 15) is 9.59 Å². The zero-order valence-electron chi connectivity index (χ0n) is 14.7. The van der Waals surface area contributed by atoms with Gasteiger partial charge in [-0.15, -0.1) is 0 Å². The van der Waals surface area contributed by atoms with E-state index in [-0.39, 0.29) is 11.8 Å². The van der Waals surface area contributed by atoms with Crippen molar-refractivity contribution < 1.29 is 14.3 Å². The first-order valence-corrected chi connectivity index (χ1v) is 8.00. The summed E-state index contributed by atoms with van der Waals surface area (Å²) in [7, 11) is 0. The lowest BCUT2D eigenvalue weighted by molar-refractivity contribution is -0.124. The quantitative estimate of drug-likeness (QED) is 0.847. The molecule has 0 saturated carbocycles. The maximum Gasteiger partial charge on any atom is 0.408 e. The van der Waals surface area contributed by atoms with Crippen LogP contribution in [0.25, 0.3) is 0 Å². The van der Waals surface area contributed by atoms with Gasteiger partial charge in [0.15, 0.2) is 0 Å². The summed E-state index contributed by atoms with van der Waals surface area (Å²) in [6.45, 7) is 9.67. The predicted octanol–water partition coefficient (Wildman–Crippen LogP) is 2.89. The van der Waals surface area contributed by atoms with Crippen molar-refractivity contribution >= 4 is 12.0 Å². The van der Waals surface area contributed by atoms with Crippen molar-refractivity contribution in [3.05, 3.63) is 35.9 Å². The third kappa shape index (κ3) is 7.68. The smallest absolute Gasteiger partial charge is 0.408 e. The van der Waals surface area contributed by atoms with Crippen LogP contribution in [0, 0.1) is 5.92 Å². The lowest BCUT2D eigenvalue weighted by atomic mass is 10.0. The summed E-state index contributed by atoms with van der Waals surface area (Å²) in [5, 5.41) is 5.52. The van der Waals surface area contributed by atoms with Crippen LogP contribution < -0.4 is 10.6 Å². The summed E-state index contributed by atoms with van der Waals surface area (Å²) in [5.41, 5.74) is 0.573. The van der Waals surface area contributed by atoms with Gasteiger partial charge in [-0.25, -0.2) is 4.79 Å². The first-order valence-electron chi connectivity index (χ1n) is 8.00. The monoisotopic (exact) mass is 320 g/mol. The molecule has 23 heavy (non-hydrogen) atoms. The lowest BCUT2D eigenvalue weighted by Crippen LogP contribution is -2.51. The van der Waals surface area contributed by atoms with Gasteiger partial charge in [0.1, 0.15) is 11.6 Å². The molecule has 0 fully saturated rings. The van der Waals surface area contributed by atoms with Crippen molar-refractivity contribution in [2.75, 3.05) is 6.54 Å². The van der Waals surface area contributed by atoms with Crippen LogP contribution >= 0.6 is 0 Å². The average Bonchev–Trinajstić information content (AvgIpc) is 2.43. The zero-order chi connectivity index (χ0) is 17.5. The van der Waals surface area contributed by atoms with Crippen LogP contribution in [-0.4, -0.2) is 30.2 Å². The molecule has 128 valence electrons. The summed E-state index contributed by atoms with van der Waals surface area (Å²) in [5.74, 6) is -0.221. The second-order valence-electron chi connectivity index (χ2n) is 6.89. The van der Waals surface area contributed by atoms with Crippen molar-refractivity contribution in [3.8, 4) is 0 Å². The molecule has 2 amide bonds. The van der Waals surface area contributed by atoms with Gasteiger partial charge in [0.2, 0.25) is 5.91 Å². The fraction of sp³-hybridized carbons (Fsp3) is 0.556. The molecule has 0 bridgehead atoms. The molecule has 1 aromatic carbocycles. The van der Waals surface area contributed by atoms with E-state index in [0.717, 1.165) is 12.0 Å². The average molecular weight is 320 g/mol. The van der Waals surface area contributed by atoms with E-state index in [4.69, 9.17) is 4.74 Å². The van der Waals surface area contributed by atoms with Crippen LogP contribution in [0.2, 0.25) is 0 Å². The highest BCUT2D eigenvalue weighted by Gasteiger charge is 2.26. The van der Waals surface area contributed by atoms with Gasteiger partial charge in [0, 0.05) is 6.54 Å². The molecule has 0 aliphatic rings. The molecule has 0 aliphatic carbocycles.